The van der Waals surface area contributed by atoms with Crippen LogP contribution < -0.4 is 5.32 Å². The molecule has 152 valence electrons. The van der Waals surface area contributed by atoms with Crippen LogP contribution in [0.15, 0.2) is 22.7 Å². The SMILES string of the molecule is CCc1onc(C)c1C(=O)NCC(c1c(F)cccc1Cl)N1CCOC(C)C1. The van der Waals surface area contributed by atoms with Gasteiger partial charge in [0, 0.05) is 36.6 Å². The second kappa shape index (κ2) is 9.03. The van der Waals surface area contributed by atoms with Crippen molar-refractivity contribution in [1.82, 2.24) is 15.4 Å². The van der Waals surface area contributed by atoms with Crippen LogP contribution in [0.2, 0.25) is 5.02 Å². The van der Waals surface area contributed by atoms with Crippen LogP contribution >= 0.6 is 11.6 Å². The highest BCUT2D eigenvalue weighted by molar-refractivity contribution is 6.31. The van der Waals surface area contributed by atoms with E-state index in [4.69, 9.17) is 20.9 Å². The van der Waals surface area contributed by atoms with Crippen molar-refractivity contribution in [3.63, 3.8) is 0 Å². The summed E-state index contributed by atoms with van der Waals surface area (Å²) in [5.41, 5.74) is 1.36. The van der Waals surface area contributed by atoms with E-state index >= 15 is 0 Å². The minimum Gasteiger partial charge on any atom is -0.376 e. The summed E-state index contributed by atoms with van der Waals surface area (Å²) in [7, 11) is 0. The normalized spacial score (nSPS) is 18.8. The van der Waals surface area contributed by atoms with Gasteiger partial charge in [0.15, 0.2) is 0 Å². The van der Waals surface area contributed by atoms with Crippen molar-refractivity contribution in [2.75, 3.05) is 26.2 Å². The van der Waals surface area contributed by atoms with Crippen molar-refractivity contribution in [2.45, 2.75) is 39.3 Å². The summed E-state index contributed by atoms with van der Waals surface area (Å²) >= 11 is 6.33. The Hall–Kier alpha value is -1.96. The van der Waals surface area contributed by atoms with Crippen LogP contribution in [0.25, 0.3) is 0 Å². The van der Waals surface area contributed by atoms with Crippen LogP contribution in [0, 0.1) is 12.7 Å². The van der Waals surface area contributed by atoms with Crippen molar-refractivity contribution in [3.8, 4) is 0 Å². The lowest BCUT2D eigenvalue weighted by Gasteiger charge is -2.38. The molecule has 2 atom stereocenters. The maximum Gasteiger partial charge on any atom is 0.256 e. The summed E-state index contributed by atoms with van der Waals surface area (Å²) in [5, 5.41) is 7.14. The molecule has 0 spiro atoms. The van der Waals surface area contributed by atoms with Gasteiger partial charge in [-0.1, -0.05) is 29.7 Å². The maximum absolute atomic E-state index is 14.7. The Morgan fingerprint density at radius 1 is 1.50 bits per heavy atom. The zero-order valence-corrected chi connectivity index (χ0v) is 17.1. The highest BCUT2D eigenvalue weighted by Crippen LogP contribution is 2.31. The lowest BCUT2D eigenvalue weighted by atomic mass is 10.0. The van der Waals surface area contributed by atoms with Crippen molar-refractivity contribution in [3.05, 3.63) is 51.6 Å². The number of rotatable bonds is 6. The van der Waals surface area contributed by atoms with Crippen LogP contribution in [-0.2, 0) is 11.2 Å². The summed E-state index contributed by atoms with van der Waals surface area (Å²) < 4.78 is 25.5. The minimum atomic E-state index is -0.408. The van der Waals surface area contributed by atoms with E-state index in [-0.39, 0.29) is 24.4 Å². The molecule has 0 saturated carbocycles. The highest BCUT2D eigenvalue weighted by atomic mass is 35.5. The Kier molecular flexibility index (Phi) is 6.69. The molecule has 2 aromatic rings. The Morgan fingerprint density at radius 3 is 2.96 bits per heavy atom. The van der Waals surface area contributed by atoms with Crippen molar-refractivity contribution < 1.29 is 18.4 Å². The van der Waals surface area contributed by atoms with Gasteiger partial charge < -0.3 is 14.6 Å². The molecule has 2 unspecified atom stereocenters. The van der Waals surface area contributed by atoms with Gasteiger partial charge in [-0.05, 0) is 26.0 Å². The average molecular weight is 410 g/mol. The van der Waals surface area contributed by atoms with E-state index in [9.17, 15) is 9.18 Å². The topological polar surface area (TPSA) is 67.6 Å². The molecule has 0 radical (unpaired) electrons. The predicted molar refractivity (Wildman–Crippen MR) is 104 cm³/mol. The summed E-state index contributed by atoms with van der Waals surface area (Å²) in [6.07, 6.45) is 0.581. The lowest BCUT2D eigenvalue weighted by molar-refractivity contribution is -0.0346. The maximum atomic E-state index is 14.7. The van der Waals surface area contributed by atoms with Crippen LogP contribution in [0.5, 0.6) is 0 Å². The van der Waals surface area contributed by atoms with E-state index in [1.54, 1.807) is 19.1 Å². The van der Waals surface area contributed by atoms with Gasteiger partial charge in [0.2, 0.25) is 0 Å². The molecule has 0 aliphatic carbocycles. The number of halogens is 2. The highest BCUT2D eigenvalue weighted by Gasteiger charge is 2.30. The first-order chi connectivity index (χ1) is 13.4. The van der Waals surface area contributed by atoms with E-state index in [0.717, 1.165) is 0 Å². The molecule has 2 heterocycles. The fraction of sp³-hybridized carbons (Fsp3) is 0.500. The molecule has 1 aliphatic rings. The molecule has 1 amide bonds. The lowest BCUT2D eigenvalue weighted by Crippen LogP contribution is -2.47. The number of amides is 1. The largest absolute Gasteiger partial charge is 0.376 e. The summed E-state index contributed by atoms with van der Waals surface area (Å²) in [5.74, 6) is -0.133. The number of ether oxygens (including phenoxy) is 1. The standard InChI is InChI=1S/C20H25ClFN3O3/c1-4-17-18(13(3)24-28-17)20(26)23-10-16(25-8-9-27-12(2)11-25)19-14(21)6-5-7-15(19)22/h5-7,12,16H,4,8-11H2,1-3H3,(H,23,26). The van der Waals surface area contributed by atoms with Crippen LogP contribution in [0.4, 0.5) is 4.39 Å². The van der Waals surface area contributed by atoms with Crippen molar-refractivity contribution in [1.29, 1.82) is 0 Å². The number of aryl methyl sites for hydroxylation is 2. The second-order valence-corrected chi connectivity index (χ2v) is 7.36. The van der Waals surface area contributed by atoms with Gasteiger partial charge >= 0.3 is 0 Å². The number of nitrogens with one attached hydrogen (secondary N) is 1. The predicted octanol–water partition coefficient (Wildman–Crippen LogP) is 3.53. The van der Waals surface area contributed by atoms with Gasteiger partial charge in [-0.2, -0.15) is 0 Å². The fourth-order valence-electron chi connectivity index (χ4n) is 3.60. The molecule has 1 aromatic heterocycles. The molecule has 1 aliphatic heterocycles. The number of nitrogens with zero attached hydrogens (tertiary/aromatic N) is 2. The Morgan fingerprint density at radius 2 is 2.29 bits per heavy atom. The molecule has 1 N–H and O–H groups in total. The number of hydrogen-bond acceptors (Lipinski definition) is 5. The molecule has 8 heteroatoms. The van der Waals surface area contributed by atoms with E-state index in [1.807, 2.05) is 13.8 Å². The molecule has 0 bridgehead atoms. The van der Waals surface area contributed by atoms with E-state index in [0.29, 0.717) is 53.7 Å². The van der Waals surface area contributed by atoms with Gasteiger partial charge in [0.05, 0.1) is 24.4 Å². The fourth-order valence-corrected chi connectivity index (χ4v) is 3.89. The number of aromatic nitrogens is 1. The number of carbonyl (C=O) groups is 1. The minimum absolute atomic E-state index is 0.0181. The van der Waals surface area contributed by atoms with Crippen molar-refractivity contribution >= 4 is 17.5 Å². The zero-order valence-electron chi connectivity index (χ0n) is 16.3. The molecule has 1 saturated heterocycles. The summed E-state index contributed by atoms with van der Waals surface area (Å²) in [6.45, 7) is 7.60. The molecule has 1 fully saturated rings. The first-order valence-electron chi connectivity index (χ1n) is 9.45. The molecular weight excluding hydrogens is 385 g/mol. The number of hydrogen-bond donors (Lipinski definition) is 1. The summed E-state index contributed by atoms with van der Waals surface area (Å²) in [4.78, 5) is 14.9. The summed E-state index contributed by atoms with van der Waals surface area (Å²) in [6, 6.07) is 4.22. The van der Waals surface area contributed by atoms with Crippen LogP contribution in [-0.4, -0.2) is 48.3 Å². The first kappa shape index (κ1) is 20.8. The van der Waals surface area contributed by atoms with E-state index < -0.39 is 6.04 Å². The number of carbonyl (C=O) groups excluding carboxylic acids is 1. The molecular formula is C20H25ClFN3O3. The van der Waals surface area contributed by atoms with Gasteiger partial charge in [-0.15, -0.1) is 0 Å². The molecule has 28 heavy (non-hydrogen) atoms. The third kappa shape index (κ3) is 4.37. The quantitative estimate of drug-likeness (QED) is 0.790. The zero-order chi connectivity index (χ0) is 20.3. The van der Waals surface area contributed by atoms with Gasteiger partial charge in [0.1, 0.15) is 17.1 Å². The Balaban J connectivity index is 1.85. The van der Waals surface area contributed by atoms with Gasteiger partial charge in [-0.25, -0.2) is 4.39 Å². The van der Waals surface area contributed by atoms with Crippen molar-refractivity contribution in [2.24, 2.45) is 0 Å². The third-order valence-electron chi connectivity index (χ3n) is 4.98. The second-order valence-electron chi connectivity index (χ2n) is 6.96. The monoisotopic (exact) mass is 409 g/mol. The smallest absolute Gasteiger partial charge is 0.256 e. The third-order valence-corrected chi connectivity index (χ3v) is 5.31. The molecule has 3 rings (SSSR count). The molecule has 1 aromatic carbocycles. The van der Waals surface area contributed by atoms with Crippen LogP contribution in [0.1, 0.15) is 47.3 Å². The van der Waals surface area contributed by atoms with Gasteiger partial charge in [0.25, 0.3) is 5.91 Å². The number of benzene rings is 1. The average Bonchev–Trinajstić information content (AvgIpc) is 3.04. The number of morpholine rings is 1. The Labute approximate surface area is 169 Å². The Bertz CT molecular complexity index is 822. The van der Waals surface area contributed by atoms with Crippen LogP contribution in [0.3, 0.4) is 0 Å². The van der Waals surface area contributed by atoms with E-state index in [1.165, 1.54) is 6.07 Å². The van der Waals surface area contributed by atoms with Gasteiger partial charge in [-0.3, -0.25) is 9.69 Å². The first-order valence-corrected chi connectivity index (χ1v) is 9.83. The molecule has 6 nitrogen and oxygen atoms in total. The van der Waals surface area contributed by atoms with E-state index in [2.05, 4.69) is 15.4 Å².